The molecule has 0 aromatic heterocycles. The highest BCUT2D eigenvalue weighted by molar-refractivity contribution is 6.40. The van der Waals surface area contributed by atoms with Gasteiger partial charge in [-0.15, -0.1) is 0 Å². The molecular formula is C17H15ClN2O3. The Bertz CT molecular complexity index is 776. The van der Waals surface area contributed by atoms with Crippen molar-refractivity contribution in [1.29, 1.82) is 0 Å². The van der Waals surface area contributed by atoms with Gasteiger partial charge in [-0.2, -0.15) is 0 Å². The first-order chi connectivity index (χ1) is 11.1. The molecule has 0 heterocycles. The number of anilines is 1. The smallest absolute Gasteiger partial charge is 0.313 e. The fourth-order valence-electron chi connectivity index (χ4n) is 2.57. The van der Waals surface area contributed by atoms with E-state index < -0.39 is 11.8 Å². The molecule has 0 saturated heterocycles. The van der Waals surface area contributed by atoms with Gasteiger partial charge in [0.1, 0.15) is 5.75 Å². The largest absolute Gasteiger partial charge is 0.495 e. The van der Waals surface area contributed by atoms with E-state index in [2.05, 4.69) is 10.6 Å². The van der Waals surface area contributed by atoms with E-state index in [4.69, 9.17) is 16.3 Å². The third-order valence-electron chi connectivity index (χ3n) is 3.78. The van der Waals surface area contributed by atoms with Crippen LogP contribution in [-0.4, -0.2) is 18.9 Å². The van der Waals surface area contributed by atoms with E-state index in [0.717, 1.165) is 12.0 Å². The second-order valence-electron chi connectivity index (χ2n) is 5.23. The summed E-state index contributed by atoms with van der Waals surface area (Å²) in [7, 11) is 1.48. The van der Waals surface area contributed by atoms with E-state index >= 15 is 0 Å². The lowest BCUT2D eigenvalue weighted by molar-refractivity contribution is -0.136. The van der Waals surface area contributed by atoms with Gasteiger partial charge in [-0.25, -0.2) is 0 Å². The molecule has 0 radical (unpaired) electrons. The van der Waals surface area contributed by atoms with E-state index in [0.29, 0.717) is 16.5 Å². The van der Waals surface area contributed by atoms with Crippen LogP contribution in [0.3, 0.4) is 0 Å². The quantitative estimate of drug-likeness (QED) is 0.850. The highest BCUT2D eigenvalue weighted by Gasteiger charge is 2.29. The molecule has 2 aromatic carbocycles. The Morgan fingerprint density at radius 1 is 1.17 bits per heavy atom. The molecule has 118 valence electrons. The number of rotatable bonds is 3. The van der Waals surface area contributed by atoms with Gasteiger partial charge in [0.2, 0.25) is 0 Å². The van der Waals surface area contributed by atoms with Gasteiger partial charge >= 0.3 is 11.8 Å². The van der Waals surface area contributed by atoms with Gasteiger partial charge in [0.15, 0.2) is 0 Å². The lowest BCUT2D eigenvalue weighted by atomic mass is 9.83. The maximum Gasteiger partial charge on any atom is 0.313 e. The Labute approximate surface area is 138 Å². The number of hydrogen-bond donors (Lipinski definition) is 2. The molecule has 6 heteroatoms. The molecule has 0 spiro atoms. The van der Waals surface area contributed by atoms with Crippen LogP contribution in [0.2, 0.25) is 5.02 Å². The van der Waals surface area contributed by atoms with Gasteiger partial charge in [0.25, 0.3) is 0 Å². The predicted octanol–water partition coefficient (Wildman–Crippen LogP) is 2.70. The molecule has 23 heavy (non-hydrogen) atoms. The minimum Gasteiger partial charge on any atom is -0.495 e. The van der Waals surface area contributed by atoms with Crippen LogP contribution >= 0.6 is 11.6 Å². The first-order valence-electron chi connectivity index (χ1n) is 7.11. The van der Waals surface area contributed by atoms with Crippen molar-refractivity contribution in [2.45, 2.75) is 12.5 Å². The van der Waals surface area contributed by atoms with Crippen molar-refractivity contribution in [2.24, 2.45) is 0 Å². The Hall–Kier alpha value is -2.53. The molecule has 0 saturated carbocycles. The number of benzene rings is 2. The molecule has 1 unspecified atom stereocenters. The van der Waals surface area contributed by atoms with Crippen LogP contribution in [0.25, 0.3) is 0 Å². The second-order valence-corrected chi connectivity index (χ2v) is 5.66. The summed E-state index contributed by atoms with van der Waals surface area (Å²) in [6.07, 6.45) is 0.732. The minimum atomic E-state index is -0.755. The summed E-state index contributed by atoms with van der Waals surface area (Å²) in [4.78, 5) is 24.1. The van der Waals surface area contributed by atoms with Crippen molar-refractivity contribution in [2.75, 3.05) is 12.4 Å². The highest BCUT2D eigenvalue weighted by atomic mass is 35.5. The summed E-state index contributed by atoms with van der Waals surface area (Å²) >= 11 is 5.90. The van der Waals surface area contributed by atoms with Crippen LogP contribution in [0.15, 0.2) is 42.5 Å². The summed E-state index contributed by atoms with van der Waals surface area (Å²) in [6.45, 7) is 0. The fraction of sp³-hybridized carbons (Fsp3) is 0.176. The monoisotopic (exact) mass is 330 g/mol. The Balaban J connectivity index is 1.65. The zero-order chi connectivity index (χ0) is 16.4. The molecule has 5 nitrogen and oxygen atoms in total. The van der Waals surface area contributed by atoms with Crippen molar-refractivity contribution >= 4 is 29.1 Å². The molecule has 0 fully saturated rings. The number of methoxy groups -OCH3 is 1. The molecule has 0 aliphatic heterocycles. The molecule has 2 amide bonds. The number of fused-ring (bicyclic) bond motifs is 1. The topological polar surface area (TPSA) is 67.4 Å². The maximum absolute atomic E-state index is 12.1. The summed E-state index contributed by atoms with van der Waals surface area (Å²) in [5, 5.41) is 5.68. The van der Waals surface area contributed by atoms with Gasteiger partial charge in [-0.3, -0.25) is 9.59 Å². The molecule has 1 atom stereocenters. The standard InChI is InChI=1S/C17H15ClN2O3/c1-23-15-7-6-11(18)9-14(15)20-17(22)16(21)19-13-8-10-4-2-3-5-12(10)13/h2-7,9,13H,8H2,1H3,(H,19,21)(H,20,22). The molecule has 3 rings (SSSR count). The second kappa shape index (κ2) is 6.30. The average Bonchev–Trinajstić information content (AvgIpc) is 2.52. The van der Waals surface area contributed by atoms with Crippen LogP contribution in [-0.2, 0) is 16.0 Å². The third kappa shape index (κ3) is 3.14. The van der Waals surface area contributed by atoms with E-state index in [1.54, 1.807) is 12.1 Å². The van der Waals surface area contributed by atoms with E-state index in [9.17, 15) is 9.59 Å². The predicted molar refractivity (Wildman–Crippen MR) is 87.7 cm³/mol. The summed E-state index contributed by atoms with van der Waals surface area (Å²) in [5.74, 6) is -1.01. The fourth-order valence-corrected chi connectivity index (χ4v) is 2.74. The lowest BCUT2D eigenvalue weighted by Crippen LogP contribution is -2.41. The molecule has 0 bridgehead atoms. The Kier molecular flexibility index (Phi) is 4.21. The van der Waals surface area contributed by atoms with E-state index in [-0.39, 0.29) is 6.04 Å². The summed E-state index contributed by atoms with van der Waals surface area (Å²) < 4.78 is 5.14. The van der Waals surface area contributed by atoms with Crippen LogP contribution in [0, 0.1) is 0 Å². The van der Waals surface area contributed by atoms with Crippen molar-refractivity contribution < 1.29 is 14.3 Å². The molecular weight excluding hydrogens is 316 g/mol. The Morgan fingerprint density at radius 2 is 1.96 bits per heavy atom. The zero-order valence-electron chi connectivity index (χ0n) is 12.4. The number of halogens is 1. The van der Waals surface area contributed by atoms with Crippen LogP contribution in [0.5, 0.6) is 5.75 Å². The number of carbonyl (C=O) groups excluding carboxylic acids is 2. The first-order valence-corrected chi connectivity index (χ1v) is 7.49. The summed E-state index contributed by atoms with van der Waals surface area (Å²) in [5.41, 5.74) is 2.60. The van der Waals surface area contributed by atoms with Crippen LogP contribution < -0.4 is 15.4 Å². The van der Waals surface area contributed by atoms with Crippen molar-refractivity contribution in [3.05, 3.63) is 58.6 Å². The van der Waals surface area contributed by atoms with Gasteiger partial charge in [0.05, 0.1) is 18.8 Å². The number of hydrogen-bond acceptors (Lipinski definition) is 3. The van der Waals surface area contributed by atoms with Crippen LogP contribution in [0.4, 0.5) is 5.69 Å². The molecule has 2 aromatic rings. The number of ether oxygens (including phenoxy) is 1. The average molecular weight is 331 g/mol. The van der Waals surface area contributed by atoms with Gasteiger partial charge < -0.3 is 15.4 Å². The normalized spacial score (nSPS) is 15.1. The number of nitrogens with one attached hydrogen (secondary N) is 2. The molecule has 1 aliphatic carbocycles. The molecule has 2 N–H and O–H groups in total. The minimum absolute atomic E-state index is 0.120. The van der Waals surface area contributed by atoms with Gasteiger partial charge in [-0.1, -0.05) is 35.9 Å². The van der Waals surface area contributed by atoms with Gasteiger partial charge in [-0.05, 0) is 35.7 Å². The molecule has 1 aliphatic rings. The van der Waals surface area contributed by atoms with Crippen molar-refractivity contribution in [3.8, 4) is 5.75 Å². The van der Waals surface area contributed by atoms with Crippen molar-refractivity contribution in [1.82, 2.24) is 5.32 Å². The SMILES string of the molecule is COc1ccc(Cl)cc1NC(=O)C(=O)NC1Cc2ccccc21. The van der Waals surface area contributed by atoms with E-state index in [1.165, 1.54) is 18.7 Å². The van der Waals surface area contributed by atoms with Crippen LogP contribution in [0.1, 0.15) is 17.2 Å². The maximum atomic E-state index is 12.1. The lowest BCUT2D eigenvalue weighted by Gasteiger charge is -2.30. The zero-order valence-corrected chi connectivity index (χ0v) is 13.2. The van der Waals surface area contributed by atoms with Crippen molar-refractivity contribution in [3.63, 3.8) is 0 Å². The first kappa shape index (κ1) is 15.4. The Morgan fingerprint density at radius 3 is 2.70 bits per heavy atom. The highest BCUT2D eigenvalue weighted by Crippen LogP contribution is 2.32. The third-order valence-corrected chi connectivity index (χ3v) is 4.01. The van der Waals surface area contributed by atoms with E-state index in [1.807, 2.05) is 24.3 Å². The number of amides is 2. The summed E-state index contributed by atoms with van der Waals surface area (Å²) in [6, 6.07) is 12.5. The van der Waals surface area contributed by atoms with Gasteiger partial charge in [0, 0.05) is 5.02 Å². The number of carbonyl (C=O) groups is 2.